The molecule has 0 spiro atoms. The Labute approximate surface area is 166 Å². The minimum absolute atomic E-state index is 0.0440. The zero-order valence-corrected chi connectivity index (χ0v) is 17.2. The molecule has 1 unspecified atom stereocenters. The smallest absolute Gasteiger partial charge is 0.248 e. The van der Waals surface area contributed by atoms with Gasteiger partial charge >= 0.3 is 0 Å². The first kappa shape index (κ1) is 20.3. The second-order valence-corrected chi connectivity index (χ2v) is 7.60. The van der Waals surface area contributed by atoms with Crippen molar-refractivity contribution in [1.82, 2.24) is 9.80 Å². The molecule has 1 atom stereocenters. The molecule has 0 bridgehead atoms. The van der Waals surface area contributed by atoms with E-state index in [0.29, 0.717) is 43.1 Å². The molecule has 0 aliphatic carbocycles. The summed E-state index contributed by atoms with van der Waals surface area (Å²) in [7, 11) is 4.73. The fourth-order valence-electron chi connectivity index (χ4n) is 4.27. The predicted molar refractivity (Wildman–Crippen MR) is 105 cm³/mol. The fraction of sp³-hybridized carbons (Fsp3) is 0.619. The van der Waals surface area contributed by atoms with Crippen molar-refractivity contribution in [3.05, 3.63) is 17.7 Å². The first-order valence-electron chi connectivity index (χ1n) is 9.83. The number of carbonyl (C=O) groups excluding carboxylic acids is 2. The van der Waals surface area contributed by atoms with Crippen LogP contribution in [0, 0.1) is 0 Å². The van der Waals surface area contributed by atoms with Crippen LogP contribution in [0.15, 0.2) is 12.1 Å². The molecule has 0 N–H and O–H groups in total. The number of likely N-dealkylation sites (tertiary alicyclic amines) is 2. The Morgan fingerprint density at radius 3 is 2.21 bits per heavy atom. The van der Waals surface area contributed by atoms with E-state index in [4.69, 9.17) is 14.2 Å². The molecule has 2 saturated heterocycles. The molecule has 2 amide bonds. The Morgan fingerprint density at radius 2 is 1.68 bits per heavy atom. The second kappa shape index (κ2) is 8.29. The third-order valence-electron chi connectivity index (χ3n) is 5.93. The van der Waals surface area contributed by atoms with Crippen molar-refractivity contribution in [2.45, 2.75) is 44.6 Å². The average Bonchev–Trinajstić information content (AvgIpc) is 3.34. The maximum atomic E-state index is 13.1. The van der Waals surface area contributed by atoms with Crippen molar-refractivity contribution in [2.24, 2.45) is 0 Å². The largest absolute Gasteiger partial charge is 0.493 e. The topological polar surface area (TPSA) is 68.3 Å². The lowest BCUT2D eigenvalue weighted by Crippen LogP contribution is -2.55. The molecule has 2 heterocycles. The van der Waals surface area contributed by atoms with Gasteiger partial charge in [0.25, 0.3) is 0 Å². The van der Waals surface area contributed by atoms with Crippen molar-refractivity contribution >= 4 is 11.8 Å². The van der Waals surface area contributed by atoms with Gasteiger partial charge in [-0.05, 0) is 50.3 Å². The number of benzene rings is 1. The van der Waals surface area contributed by atoms with Crippen molar-refractivity contribution < 1.29 is 23.8 Å². The van der Waals surface area contributed by atoms with E-state index in [1.54, 1.807) is 26.2 Å². The molecule has 28 heavy (non-hydrogen) atoms. The third kappa shape index (κ3) is 3.62. The summed E-state index contributed by atoms with van der Waals surface area (Å²) < 4.78 is 16.2. The maximum absolute atomic E-state index is 13.1. The molecule has 2 aliphatic heterocycles. The van der Waals surface area contributed by atoms with Gasteiger partial charge in [0.15, 0.2) is 11.5 Å². The van der Waals surface area contributed by atoms with Crippen LogP contribution in [0.1, 0.15) is 38.2 Å². The van der Waals surface area contributed by atoms with Crippen LogP contribution in [0.4, 0.5) is 0 Å². The summed E-state index contributed by atoms with van der Waals surface area (Å²) in [6.45, 7) is 3.98. The van der Waals surface area contributed by atoms with Crippen LogP contribution in [0.5, 0.6) is 17.2 Å². The summed E-state index contributed by atoms with van der Waals surface area (Å²) in [5.74, 6) is 1.84. The Kier molecular flexibility index (Phi) is 6.01. The molecule has 0 radical (unpaired) electrons. The molecule has 0 aromatic heterocycles. The van der Waals surface area contributed by atoms with Crippen molar-refractivity contribution in [3.63, 3.8) is 0 Å². The maximum Gasteiger partial charge on any atom is 0.248 e. The van der Waals surface area contributed by atoms with Crippen molar-refractivity contribution in [3.8, 4) is 17.2 Å². The standard InChI is InChI=1S/C21H30N2O5/c1-21(20(25)22-10-5-6-11-22)9-7-18(24)23(21)12-8-15-13-16(26-2)19(28-4)17(14-15)27-3/h13-14H,5-12H2,1-4H3. The van der Waals surface area contributed by atoms with Crippen LogP contribution in [0.3, 0.4) is 0 Å². The summed E-state index contributed by atoms with van der Waals surface area (Å²) in [5, 5.41) is 0. The van der Waals surface area contributed by atoms with E-state index in [9.17, 15) is 9.59 Å². The monoisotopic (exact) mass is 390 g/mol. The molecule has 2 aliphatic rings. The number of rotatable bonds is 7. The predicted octanol–water partition coefficient (Wildman–Crippen LogP) is 2.26. The molecule has 0 saturated carbocycles. The lowest BCUT2D eigenvalue weighted by atomic mass is 9.96. The summed E-state index contributed by atoms with van der Waals surface area (Å²) in [5.41, 5.74) is 0.215. The third-order valence-corrected chi connectivity index (χ3v) is 5.93. The van der Waals surface area contributed by atoms with E-state index in [1.165, 1.54) is 0 Å². The Morgan fingerprint density at radius 1 is 1.07 bits per heavy atom. The molecular formula is C21H30N2O5. The van der Waals surface area contributed by atoms with Crippen LogP contribution in [0.2, 0.25) is 0 Å². The Bertz CT molecular complexity index is 719. The van der Waals surface area contributed by atoms with Gasteiger partial charge in [-0.1, -0.05) is 0 Å². The van der Waals surface area contributed by atoms with Gasteiger partial charge in [0.2, 0.25) is 17.6 Å². The number of nitrogens with zero attached hydrogens (tertiary/aromatic N) is 2. The highest BCUT2D eigenvalue weighted by Crippen LogP contribution is 2.39. The van der Waals surface area contributed by atoms with Crippen molar-refractivity contribution in [1.29, 1.82) is 0 Å². The highest BCUT2D eigenvalue weighted by Gasteiger charge is 2.48. The van der Waals surface area contributed by atoms with Crippen LogP contribution in [-0.4, -0.2) is 68.1 Å². The SMILES string of the molecule is COc1cc(CCN2C(=O)CCC2(C)C(=O)N2CCCC2)cc(OC)c1OC. The quantitative estimate of drug-likeness (QED) is 0.714. The van der Waals surface area contributed by atoms with Gasteiger partial charge in [-0.2, -0.15) is 0 Å². The van der Waals surface area contributed by atoms with Gasteiger partial charge in [0.1, 0.15) is 5.54 Å². The summed E-state index contributed by atoms with van der Waals surface area (Å²) in [6, 6.07) is 3.78. The molecule has 1 aromatic carbocycles. The molecule has 7 nitrogen and oxygen atoms in total. The van der Waals surface area contributed by atoms with E-state index in [2.05, 4.69) is 0 Å². The molecule has 7 heteroatoms. The first-order valence-corrected chi connectivity index (χ1v) is 9.83. The highest BCUT2D eigenvalue weighted by atomic mass is 16.5. The minimum atomic E-state index is -0.748. The van der Waals surface area contributed by atoms with Crippen LogP contribution in [0.25, 0.3) is 0 Å². The summed E-state index contributed by atoms with van der Waals surface area (Å²) >= 11 is 0. The number of hydrogen-bond acceptors (Lipinski definition) is 5. The van der Waals surface area contributed by atoms with Gasteiger partial charge in [-0.25, -0.2) is 0 Å². The van der Waals surface area contributed by atoms with Gasteiger partial charge in [0, 0.05) is 26.1 Å². The molecular weight excluding hydrogens is 360 g/mol. The minimum Gasteiger partial charge on any atom is -0.493 e. The normalized spacial score (nSPS) is 21.9. The lowest BCUT2D eigenvalue weighted by molar-refractivity contribution is -0.146. The Balaban J connectivity index is 1.78. The molecule has 3 rings (SSSR count). The zero-order chi connectivity index (χ0) is 20.3. The van der Waals surface area contributed by atoms with E-state index < -0.39 is 5.54 Å². The number of methoxy groups -OCH3 is 3. The number of hydrogen-bond donors (Lipinski definition) is 0. The Hall–Kier alpha value is -2.44. The number of carbonyl (C=O) groups is 2. The average molecular weight is 390 g/mol. The van der Waals surface area contributed by atoms with E-state index >= 15 is 0 Å². The van der Waals surface area contributed by atoms with Gasteiger partial charge in [0.05, 0.1) is 21.3 Å². The van der Waals surface area contributed by atoms with Crippen LogP contribution < -0.4 is 14.2 Å². The van der Waals surface area contributed by atoms with Crippen LogP contribution in [-0.2, 0) is 16.0 Å². The first-order chi connectivity index (χ1) is 13.4. The summed E-state index contributed by atoms with van der Waals surface area (Å²) in [6.07, 6.45) is 3.69. The zero-order valence-electron chi connectivity index (χ0n) is 17.2. The second-order valence-electron chi connectivity index (χ2n) is 7.60. The van der Waals surface area contributed by atoms with Crippen LogP contribution >= 0.6 is 0 Å². The highest BCUT2D eigenvalue weighted by molar-refractivity contribution is 5.94. The molecule has 2 fully saturated rings. The molecule has 1 aromatic rings. The van der Waals surface area contributed by atoms with E-state index in [0.717, 1.165) is 31.5 Å². The number of ether oxygens (including phenoxy) is 3. The van der Waals surface area contributed by atoms with Gasteiger partial charge in [-0.3, -0.25) is 9.59 Å². The fourth-order valence-corrected chi connectivity index (χ4v) is 4.27. The van der Waals surface area contributed by atoms with Crippen molar-refractivity contribution in [2.75, 3.05) is 41.0 Å². The van der Waals surface area contributed by atoms with Gasteiger partial charge in [-0.15, -0.1) is 0 Å². The lowest BCUT2D eigenvalue weighted by Gasteiger charge is -2.37. The van der Waals surface area contributed by atoms with E-state index in [-0.39, 0.29) is 11.8 Å². The van der Waals surface area contributed by atoms with E-state index in [1.807, 2.05) is 24.0 Å². The number of amides is 2. The van der Waals surface area contributed by atoms with Gasteiger partial charge < -0.3 is 24.0 Å². The molecule has 154 valence electrons. The summed E-state index contributed by atoms with van der Waals surface area (Å²) in [4.78, 5) is 29.3.